The van der Waals surface area contributed by atoms with Crippen LogP contribution in [0.2, 0.25) is 10.0 Å². The third-order valence-electron chi connectivity index (χ3n) is 2.16. The highest BCUT2D eigenvalue weighted by atomic mass is 79.9. The number of nitrogen functional groups attached to an aromatic ring is 1. The first-order valence-electron chi connectivity index (χ1n) is 4.64. The molecule has 0 unspecified atom stereocenters. The smallest absolute Gasteiger partial charge is 0.204 e. The second-order valence-corrected chi connectivity index (χ2v) is 7.44. The van der Waals surface area contributed by atoms with Crippen molar-refractivity contribution in [1.82, 2.24) is 0 Å². The van der Waals surface area contributed by atoms with Crippen LogP contribution in [0.25, 0.3) is 0 Å². The second kappa shape index (κ2) is 5.51. The molecule has 2 nitrogen and oxygen atoms in total. The van der Waals surface area contributed by atoms with Crippen molar-refractivity contribution in [3.63, 3.8) is 0 Å². The van der Waals surface area contributed by atoms with Gasteiger partial charge in [0.1, 0.15) is 0 Å². The van der Waals surface area contributed by atoms with Crippen molar-refractivity contribution in [2.45, 2.75) is 0 Å². The van der Waals surface area contributed by atoms with Crippen molar-refractivity contribution >= 4 is 77.9 Å². The number of thiophene rings is 1. The molecule has 0 bridgehead atoms. The van der Waals surface area contributed by atoms with Crippen molar-refractivity contribution in [2.24, 2.45) is 0 Å². The van der Waals surface area contributed by atoms with Gasteiger partial charge in [-0.25, -0.2) is 0 Å². The highest BCUT2D eigenvalue weighted by Crippen LogP contribution is 2.36. The predicted octanol–water partition coefficient (Wildman–Crippen LogP) is 5.39. The molecule has 7 heteroatoms. The number of halogens is 4. The summed E-state index contributed by atoms with van der Waals surface area (Å²) < 4.78 is 1.67. The van der Waals surface area contributed by atoms with Crippen LogP contribution in [0.3, 0.4) is 0 Å². The number of ketones is 1. The number of nitrogens with two attached hydrogens (primary N) is 1. The quantitative estimate of drug-likeness (QED) is 0.513. The Morgan fingerprint density at radius 2 is 1.89 bits per heavy atom. The average molecular weight is 430 g/mol. The van der Waals surface area contributed by atoms with E-state index in [-0.39, 0.29) is 15.8 Å². The Morgan fingerprint density at radius 1 is 1.22 bits per heavy atom. The summed E-state index contributed by atoms with van der Waals surface area (Å²) in [5, 5.41) is 0.492. The van der Waals surface area contributed by atoms with E-state index in [9.17, 15) is 4.79 Å². The lowest BCUT2D eigenvalue weighted by atomic mass is 10.1. The molecule has 0 aliphatic rings. The van der Waals surface area contributed by atoms with Gasteiger partial charge >= 0.3 is 0 Å². The van der Waals surface area contributed by atoms with Gasteiger partial charge in [-0.1, -0.05) is 23.2 Å². The number of hydrogen-bond donors (Lipinski definition) is 1. The summed E-state index contributed by atoms with van der Waals surface area (Å²) in [5.74, 6) is -0.203. The van der Waals surface area contributed by atoms with Crippen molar-refractivity contribution in [2.75, 3.05) is 5.73 Å². The molecule has 0 radical (unpaired) electrons. The van der Waals surface area contributed by atoms with Crippen LogP contribution in [0, 0.1) is 0 Å². The van der Waals surface area contributed by atoms with Crippen LogP contribution in [0.1, 0.15) is 15.2 Å². The summed E-state index contributed by atoms with van der Waals surface area (Å²) >= 11 is 19.9. The Kier molecular flexibility index (Phi) is 4.39. The molecule has 0 amide bonds. The van der Waals surface area contributed by atoms with Gasteiger partial charge in [-0.3, -0.25) is 4.79 Å². The van der Waals surface area contributed by atoms with Crippen LogP contribution < -0.4 is 5.73 Å². The Bertz CT molecular complexity index is 623. The zero-order valence-electron chi connectivity index (χ0n) is 8.64. The Hall–Kier alpha value is -0.0700. The predicted molar refractivity (Wildman–Crippen MR) is 84.0 cm³/mol. The summed E-state index contributed by atoms with van der Waals surface area (Å²) in [6.45, 7) is 0. The Balaban J connectivity index is 2.52. The zero-order valence-corrected chi connectivity index (χ0v) is 14.1. The van der Waals surface area contributed by atoms with Gasteiger partial charge in [0.25, 0.3) is 0 Å². The van der Waals surface area contributed by atoms with Crippen molar-refractivity contribution in [3.05, 3.63) is 46.9 Å². The van der Waals surface area contributed by atoms with E-state index in [1.54, 1.807) is 6.07 Å². The molecule has 1 aromatic heterocycles. The van der Waals surface area contributed by atoms with E-state index in [2.05, 4.69) is 31.9 Å². The first kappa shape index (κ1) is 14.3. The van der Waals surface area contributed by atoms with Crippen LogP contribution in [-0.2, 0) is 0 Å². The fourth-order valence-corrected chi connectivity index (χ4v) is 3.78. The maximum absolute atomic E-state index is 12.3. The molecule has 2 aromatic rings. The summed E-state index contributed by atoms with van der Waals surface area (Å²) in [5.41, 5.74) is 6.38. The molecule has 94 valence electrons. The van der Waals surface area contributed by atoms with Gasteiger partial charge < -0.3 is 5.73 Å². The molecule has 1 heterocycles. The molecule has 0 saturated carbocycles. The Morgan fingerprint density at radius 3 is 2.44 bits per heavy atom. The van der Waals surface area contributed by atoms with Crippen molar-refractivity contribution in [1.29, 1.82) is 0 Å². The SMILES string of the molecule is Nc1cc(Cl)c(Cl)c(C(=O)c2cc(Br)c(Br)s2)c1. The molecular formula is C11H5Br2Cl2NOS. The Labute approximate surface area is 134 Å². The van der Waals surface area contributed by atoms with Crippen molar-refractivity contribution < 1.29 is 4.79 Å². The number of rotatable bonds is 2. The van der Waals surface area contributed by atoms with E-state index in [1.807, 2.05) is 0 Å². The van der Waals surface area contributed by atoms with Crippen LogP contribution in [-0.4, -0.2) is 5.78 Å². The first-order valence-corrected chi connectivity index (χ1v) is 7.80. The van der Waals surface area contributed by atoms with E-state index in [0.717, 1.165) is 8.26 Å². The van der Waals surface area contributed by atoms with Crippen LogP contribution in [0.5, 0.6) is 0 Å². The minimum atomic E-state index is -0.203. The zero-order chi connectivity index (χ0) is 13.4. The van der Waals surface area contributed by atoms with Crippen LogP contribution in [0.4, 0.5) is 5.69 Å². The largest absolute Gasteiger partial charge is 0.399 e. The van der Waals surface area contributed by atoms with Gasteiger partial charge in [-0.05, 0) is 50.1 Å². The minimum Gasteiger partial charge on any atom is -0.399 e. The topological polar surface area (TPSA) is 43.1 Å². The molecule has 0 atom stereocenters. The van der Waals surface area contributed by atoms with E-state index in [4.69, 9.17) is 28.9 Å². The lowest BCUT2D eigenvalue weighted by molar-refractivity contribution is 0.104. The highest BCUT2D eigenvalue weighted by molar-refractivity contribution is 9.13. The maximum atomic E-state index is 12.3. The fourth-order valence-electron chi connectivity index (χ4n) is 1.37. The summed E-state index contributed by atoms with van der Waals surface area (Å²) in [7, 11) is 0. The summed E-state index contributed by atoms with van der Waals surface area (Å²) in [6.07, 6.45) is 0. The van der Waals surface area contributed by atoms with Gasteiger partial charge in [-0.2, -0.15) is 0 Å². The summed E-state index contributed by atoms with van der Waals surface area (Å²) in [6, 6.07) is 4.77. The molecule has 2 rings (SSSR count). The minimum absolute atomic E-state index is 0.203. The molecular weight excluding hydrogens is 425 g/mol. The van der Waals surface area contributed by atoms with Gasteiger partial charge in [0.05, 0.1) is 18.7 Å². The normalized spacial score (nSPS) is 10.7. The van der Waals surface area contributed by atoms with Crippen LogP contribution in [0.15, 0.2) is 26.5 Å². The van der Waals surface area contributed by atoms with Crippen molar-refractivity contribution in [3.8, 4) is 0 Å². The number of benzene rings is 1. The van der Waals surface area contributed by atoms with Gasteiger partial charge in [0.15, 0.2) is 0 Å². The standard InChI is InChI=1S/C11H5Br2Cl2NOS/c12-6-3-8(18-11(6)13)10(17)5-1-4(16)2-7(14)9(5)15/h1-3H,16H2. The molecule has 0 fully saturated rings. The number of carbonyl (C=O) groups is 1. The van der Waals surface area contributed by atoms with E-state index < -0.39 is 0 Å². The average Bonchev–Trinajstić information content (AvgIpc) is 2.63. The van der Waals surface area contributed by atoms with Gasteiger partial charge in [-0.15, -0.1) is 11.3 Å². The lowest BCUT2D eigenvalue weighted by Crippen LogP contribution is -2.01. The molecule has 0 aliphatic carbocycles. The highest BCUT2D eigenvalue weighted by Gasteiger charge is 2.19. The monoisotopic (exact) mass is 427 g/mol. The third-order valence-corrected chi connectivity index (χ3v) is 6.22. The molecule has 0 spiro atoms. The molecule has 1 aromatic carbocycles. The first-order chi connectivity index (χ1) is 8.40. The summed E-state index contributed by atoms with van der Waals surface area (Å²) in [4.78, 5) is 12.9. The van der Waals surface area contributed by atoms with E-state index in [1.165, 1.54) is 23.5 Å². The third kappa shape index (κ3) is 2.75. The lowest BCUT2D eigenvalue weighted by Gasteiger charge is -2.05. The molecule has 18 heavy (non-hydrogen) atoms. The number of anilines is 1. The maximum Gasteiger partial charge on any atom is 0.204 e. The molecule has 2 N–H and O–H groups in total. The van der Waals surface area contributed by atoms with E-state index in [0.29, 0.717) is 16.1 Å². The second-order valence-electron chi connectivity index (χ2n) is 3.43. The molecule has 0 aliphatic heterocycles. The van der Waals surface area contributed by atoms with Gasteiger partial charge in [0.2, 0.25) is 5.78 Å². The molecule has 0 saturated heterocycles. The van der Waals surface area contributed by atoms with Gasteiger partial charge in [0, 0.05) is 15.7 Å². The number of hydrogen-bond acceptors (Lipinski definition) is 3. The van der Waals surface area contributed by atoms with Crippen LogP contribution >= 0.6 is 66.4 Å². The number of carbonyl (C=O) groups excluding carboxylic acids is 1. The van der Waals surface area contributed by atoms with E-state index >= 15 is 0 Å². The fraction of sp³-hybridized carbons (Fsp3) is 0.